The maximum atomic E-state index is 13.1. The van der Waals surface area contributed by atoms with Crippen LogP contribution in [0.3, 0.4) is 0 Å². The summed E-state index contributed by atoms with van der Waals surface area (Å²) in [6.07, 6.45) is 87.9. The zero-order valence-corrected chi connectivity index (χ0v) is 66.4. The van der Waals surface area contributed by atoms with Crippen LogP contribution in [0.25, 0.3) is 0 Å². The summed E-state index contributed by atoms with van der Waals surface area (Å²) in [4.78, 5) is 73.0. The van der Waals surface area contributed by atoms with Gasteiger partial charge in [-0.15, -0.1) is 0 Å². The van der Waals surface area contributed by atoms with Crippen molar-refractivity contribution in [2.75, 3.05) is 39.6 Å². The third-order valence-corrected chi connectivity index (χ3v) is 17.9. The molecule has 19 heteroatoms. The standard InChI is InChI=1S/C85H140O17P2/c1-5-9-13-17-21-25-29-33-37-39-43-45-49-53-57-61-65-69-82(87)95-75-80(101-84(89)71-67-63-59-55-51-47-41-35-31-27-23-19-15-11-7-3)77-99-103(91,92)97-73-79(86)74-98-104(93,94)100-78-81(102-85(90)72-68-64-60-56-52-48-42-36-32-28-24-20-16-12-8-4)76-96-83(88)70-66-62-58-54-50-46-44-40-38-34-30-26-22-18-14-10-6-2/h9-11,13-15,21-28,33-38,41-42,44,46,51,55,79-81,86H,5-8,12,16-20,29-32,39-40,43,45,47-50,52-54,56-78H2,1-4H3,(H,91,92)(H,93,94)/b13-9-,14-10-,15-11-,25-21-,26-22-,27-23-,28-24-,37-33-,38-34-,41-35-,42-36-,46-44-,55-51-. The van der Waals surface area contributed by atoms with Crippen molar-refractivity contribution in [1.29, 1.82) is 0 Å². The minimum Gasteiger partial charge on any atom is -0.462 e. The number of unbranched alkanes of at least 4 members (excludes halogenated alkanes) is 21. The largest absolute Gasteiger partial charge is 0.472 e. The molecule has 0 spiro atoms. The highest BCUT2D eigenvalue weighted by molar-refractivity contribution is 7.47. The van der Waals surface area contributed by atoms with Crippen molar-refractivity contribution in [3.05, 3.63) is 158 Å². The molecule has 5 atom stereocenters. The Morgan fingerprint density at radius 2 is 0.500 bits per heavy atom. The lowest BCUT2D eigenvalue weighted by Crippen LogP contribution is -2.30. The van der Waals surface area contributed by atoms with E-state index in [4.69, 9.17) is 37.0 Å². The fourth-order valence-electron chi connectivity index (χ4n) is 10.0. The molecule has 592 valence electrons. The van der Waals surface area contributed by atoms with Crippen LogP contribution in [0.1, 0.15) is 297 Å². The van der Waals surface area contributed by atoms with Gasteiger partial charge in [-0.25, -0.2) is 9.13 Å². The van der Waals surface area contributed by atoms with E-state index < -0.39 is 97.5 Å². The third-order valence-electron chi connectivity index (χ3n) is 16.0. The highest BCUT2D eigenvalue weighted by Crippen LogP contribution is 2.45. The number of rotatable bonds is 73. The summed E-state index contributed by atoms with van der Waals surface area (Å²) in [5.41, 5.74) is 0. The first-order valence-corrected chi connectivity index (χ1v) is 42.7. The van der Waals surface area contributed by atoms with E-state index in [1.165, 1.54) is 19.3 Å². The molecule has 3 N–H and O–H groups in total. The van der Waals surface area contributed by atoms with Crippen molar-refractivity contribution < 1.29 is 80.2 Å². The minimum absolute atomic E-state index is 0.0349. The number of phosphoric ester groups is 2. The molecule has 0 amide bonds. The van der Waals surface area contributed by atoms with E-state index in [1.54, 1.807) is 0 Å². The SMILES string of the molecule is CC/C=C\C/C=C\C/C=C\C/C=C\CCCCCCC(=O)OCC(COP(=O)(O)OCC(O)COP(=O)(O)OCC(COC(=O)CCCCCCCCC/C=C\C/C=C\C/C=C\CC)OC(=O)CCCC/C=C\C/C=C\C/C=C\C/C=C\CC)OC(=O)CCCCCCC/C=C\C/C=C\CCCCC. The Labute approximate surface area is 629 Å². The fourth-order valence-corrected chi connectivity index (χ4v) is 11.6. The number of hydrogen-bond acceptors (Lipinski definition) is 15. The van der Waals surface area contributed by atoms with Crippen LogP contribution in [-0.2, 0) is 65.4 Å². The predicted molar refractivity (Wildman–Crippen MR) is 427 cm³/mol. The molecule has 5 unspecified atom stereocenters. The van der Waals surface area contributed by atoms with E-state index in [0.717, 1.165) is 193 Å². The van der Waals surface area contributed by atoms with Crippen LogP contribution in [0.4, 0.5) is 0 Å². The Morgan fingerprint density at radius 3 is 0.788 bits per heavy atom. The van der Waals surface area contributed by atoms with Crippen molar-refractivity contribution in [2.45, 2.75) is 316 Å². The number of carbonyl (C=O) groups excluding carboxylic acids is 4. The average Bonchev–Trinajstić information content (AvgIpc) is 0.937. The summed E-state index contributed by atoms with van der Waals surface area (Å²) in [5.74, 6) is -2.28. The molecule has 0 rings (SSSR count). The van der Waals surface area contributed by atoms with Gasteiger partial charge < -0.3 is 33.8 Å². The van der Waals surface area contributed by atoms with Crippen molar-refractivity contribution in [2.24, 2.45) is 0 Å². The van der Waals surface area contributed by atoms with Crippen molar-refractivity contribution >= 4 is 39.5 Å². The van der Waals surface area contributed by atoms with Gasteiger partial charge in [0.15, 0.2) is 12.2 Å². The number of allylic oxidation sites excluding steroid dienone is 26. The van der Waals surface area contributed by atoms with Gasteiger partial charge in [-0.3, -0.25) is 37.3 Å². The molecular formula is C85H140O17P2. The summed E-state index contributed by atoms with van der Waals surface area (Å²) in [5, 5.41) is 10.6. The molecule has 0 aliphatic carbocycles. The third kappa shape index (κ3) is 74.9. The molecule has 0 saturated carbocycles. The Balaban J connectivity index is 5.45. The molecule has 0 aliphatic rings. The lowest BCUT2D eigenvalue weighted by atomic mass is 10.1. The number of carbonyl (C=O) groups is 4. The molecular weight excluding hydrogens is 1350 g/mol. The van der Waals surface area contributed by atoms with Gasteiger partial charge in [0.05, 0.1) is 26.4 Å². The van der Waals surface area contributed by atoms with E-state index in [0.29, 0.717) is 32.1 Å². The van der Waals surface area contributed by atoms with Crippen molar-refractivity contribution in [3.63, 3.8) is 0 Å². The molecule has 104 heavy (non-hydrogen) atoms. The van der Waals surface area contributed by atoms with Crippen LogP contribution in [-0.4, -0.2) is 96.7 Å². The molecule has 0 heterocycles. The lowest BCUT2D eigenvalue weighted by Gasteiger charge is -2.21. The fraction of sp³-hybridized carbons (Fsp3) is 0.647. The van der Waals surface area contributed by atoms with Gasteiger partial charge in [0.25, 0.3) is 0 Å². The average molecular weight is 1500 g/mol. The van der Waals surface area contributed by atoms with Gasteiger partial charge in [-0.2, -0.15) is 0 Å². The molecule has 0 aromatic heterocycles. The summed E-state index contributed by atoms with van der Waals surface area (Å²) < 4.78 is 68.5. The molecule has 0 bridgehead atoms. The molecule has 0 saturated heterocycles. The lowest BCUT2D eigenvalue weighted by molar-refractivity contribution is -0.161. The predicted octanol–water partition coefficient (Wildman–Crippen LogP) is 23.2. The van der Waals surface area contributed by atoms with E-state index in [2.05, 4.69) is 186 Å². The van der Waals surface area contributed by atoms with Gasteiger partial charge in [0.2, 0.25) is 0 Å². The molecule has 0 aromatic carbocycles. The maximum absolute atomic E-state index is 13.1. The zero-order valence-electron chi connectivity index (χ0n) is 64.6. The maximum Gasteiger partial charge on any atom is 0.472 e. The van der Waals surface area contributed by atoms with Gasteiger partial charge in [0.1, 0.15) is 19.3 Å². The number of ether oxygens (including phenoxy) is 4. The van der Waals surface area contributed by atoms with Crippen LogP contribution in [0.15, 0.2) is 158 Å². The smallest absolute Gasteiger partial charge is 0.462 e. The van der Waals surface area contributed by atoms with Crippen molar-refractivity contribution in [1.82, 2.24) is 0 Å². The van der Waals surface area contributed by atoms with E-state index in [-0.39, 0.29) is 25.7 Å². The van der Waals surface area contributed by atoms with Gasteiger partial charge in [0, 0.05) is 25.7 Å². The minimum atomic E-state index is -5.00. The second-order valence-corrected chi connectivity index (χ2v) is 28.8. The van der Waals surface area contributed by atoms with E-state index >= 15 is 0 Å². The quantitative estimate of drug-likeness (QED) is 0.0169. The second kappa shape index (κ2) is 75.9. The molecule has 17 nitrogen and oxygen atoms in total. The number of aliphatic hydroxyl groups excluding tert-OH is 1. The highest BCUT2D eigenvalue weighted by Gasteiger charge is 2.30. The van der Waals surface area contributed by atoms with Crippen LogP contribution in [0.2, 0.25) is 0 Å². The van der Waals surface area contributed by atoms with Crippen LogP contribution >= 0.6 is 15.6 Å². The Bertz CT molecular complexity index is 2590. The first-order valence-electron chi connectivity index (χ1n) is 39.7. The van der Waals surface area contributed by atoms with E-state index in [9.17, 15) is 43.2 Å². The van der Waals surface area contributed by atoms with Gasteiger partial charge in [-0.05, 0) is 167 Å². The van der Waals surface area contributed by atoms with Crippen LogP contribution in [0, 0.1) is 0 Å². The molecule has 0 radical (unpaired) electrons. The number of aliphatic hydroxyl groups is 1. The Morgan fingerprint density at radius 1 is 0.279 bits per heavy atom. The van der Waals surface area contributed by atoms with Crippen LogP contribution in [0.5, 0.6) is 0 Å². The second-order valence-electron chi connectivity index (χ2n) is 25.9. The van der Waals surface area contributed by atoms with Gasteiger partial charge >= 0.3 is 39.5 Å². The molecule has 0 fully saturated rings. The first kappa shape index (κ1) is 98.7. The number of esters is 4. The first-order chi connectivity index (χ1) is 50.7. The van der Waals surface area contributed by atoms with Gasteiger partial charge in [-0.1, -0.05) is 263 Å². The topological polar surface area (TPSA) is 237 Å². The highest BCUT2D eigenvalue weighted by atomic mass is 31.2. The van der Waals surface area contributed by atoms with Crippen LogP contribution < -0.4 is 0 Å². The summed E-state index contributed by atoms with van der Waals surface area (Å²) in [6.45, 7) is 4.40. The Hall–Kier alpha value is -5.32. The number of hydrogen-bond donors (Lipinski definition) is 3. The van der Waals surface area contributed by atoms with Crippen molar-refractivity contribution in [3.8, 4) is 0 Å². The zero-order chi connectivity index (χ0) is 76.0. The summed E-state index contributed by atoms with van der Waals surface area (Å²) >= 11 is 0. The Kier molecular flexibility index (Phi) is 72.0. The van der Waals surface area contributed by atoms with E-state index in [1.807, 2.05) is 0 Å². The monoisotopic (exact) mass is 1490 g/mol. The summed E-state index contributed by atoms with van der Waals surface area (Å²) in [7, 11) is -10.00. The number of phosphoric acid groups is 2. The summed E-state index contributed by atoms with van der Waals surface area (Å²) in [6, 6.07) is 0. The molecule has 0 aliphatic heterocycles. The molecule has 0 aromatic rings. The normalized spacial score (nSPS) is 14.7.